The Morgan fingerprint density at radius 1 is 1.56 bits per heavy atom. The summed E-state index contributed by atoms with van der Waals surface area (Å²) in [5.41, 5.74) is 7.91. The lowest BCUT2D eigenvalue weighted by Crippen LogP contribution is -2.28. The van der Waals surface area contributed by atoms with Crippen molar-refractivity contribution in [2.24, 2.45) is 5.73 Å². The normalized spacial score (nSPS) is 16.2. The highest BCUT2D eigenvalue weighted by molar-refractivity contribution is 5.87. The number of nitrogens with zero attached hydrogens (tertiary/aromatic N) is 2. The summed E-state index contributed by atoms with van der Waals surface area (Å²) < 4.78 is 0. The molecule has 0 saturated carbocycles. The van der Waals surface area contributed by atoms with Crippen LogP contribution in [0.5, 0.6) is 0 Å². The van der Waals surface area contributed by atoms with Gasteiger partial charge in [0.05, 0.1) is 17.6 Å². The highest BCUT2D eigenvalue weighted by Crippen LogP contribution is 2.21. The van der Waals surface area contributed by atoms with Crippen molar-refractivity contribution < 1.29 is 4.79 Å². The standard InChI is InChI=1S/C13H18N4O/c1-2-17-7-5-10(6-8-17)12-4-3-11(9-15-12)16-13(14)18/h3-5,9H,2,6-8H2,1H3,(H3,14,16,18). The molecule has 0 unspecified atom stereocenters. The van der Waals surface area contributed by atoms with E-state index >= 15 is 0 Å². The van der Waals surface area contributed by atoms with Gasteiger partial charge in [-0.05, 0) is 30.7 Å². The first-order valence-corrected chi connectivity index (χ1v) is 6.13. The van der Waals surface area contributed by atoms with E-state index in [9.17, 15) is 4.79 Å². The number of urea groups is 1. The van der Waals surface area contributed by atoms with Gasteiger partial charge in [0.2, 0.25) is 0 Å². The maximum Gasteiger partial charge on any atom is 0.316 e. The molecule has 5 nitrogen and oxygen atoms in total. The Morgan fingerprint density at radius 3 is 2.89 bits per heavy atom. The second-order valence-corrected chi connectivity index (χ2v) is 4.29. The van der Waals surface area contributed by atoms with Crippen LogP contribution < -0.4 is 11.1 Å². The van der Waals surface area contributed by atoms with Gasteiger partial charge in [0.1, 0.15) is 0 Å². The zero-order chi connectivity index (χ0) is 13.0. The number of nitrogens with one attached hydrogen (secondary N) is 1. The molecule has 1 aromatic heterocycles. The van der Waals surface area contributed by atoms with Crippen LogP contribution in [0, 0.1) is 0 Å². The third kappa shape index (κ3) is 3.07. The second kappa shape index (κ2) is 5.64. The zero-order valence-corrected chi connectivity index (χ0v) is 10.5. The number of aromatic nitrogens is 1. The van der Waals surface area contributed by atoms with Crippen molar-refractivity contribution >= 4 is 17.3 Å². The van der Waals surface area contributed by atoms with Gasteiger partial charge in [-0.25, -0.2) is 4.79 Å². The van der Waals surface area contributed by atoms with Crippen molar-refractivity contribution in [2.75, 3.05) is 25.0 Å². The van der Waals surface area contributed by atoms with Gasteiger partial charge in [0.15, 0.2) is 0 Å². The Hall–Kier alpha value is -1.88. The van der Waals surface area contributed by atoms with Crippen LogP contribution in [-0.2, 0) is 0 Å². The van der Waals surface area contributed by atoms with E-state index in [0.717, 1.165) is 31.7 Å². The average Bonchev–Trinajstić information content (AvgIpc) is 2.39. The highest BCUT2D eigenvalue weighted by atomic mass is 16.2. The topological polar surface area (TPSA) is 71.2 Å². The third-order valence-corrected chi connectivity index (χ3v) is 3.10. The van der Waals surface area contributed by atoms with E-state index in [1.807, 2.05) is 12.1 Å². The first-order valence-electron chi connectivity index (χ1n) is 6.13. The molecule has 1 aliphatic heterocycles. The van der Waals surface area contributed by atoms with E-state index in [4.69, 9.17) is 5.73 Å². The number of likely N-dealkylation sites (N-methyl/N-ethyl adjacent to an activating group) is 1. The molecule has 0 aliphatic carbocycles. The van der Waals surface area contributed by atoms with E-state index in [0.29, 0.717) is 5.69 Å². The van der Waals surface area contributed by atoms with E-state index in [1.54, 1.807) is 6.20 Å². The fourth-order valence-corrected chi connectivity index (χ4v) is 2.03. The molecule has 2 heterocycles. The fraction of sp³-hybridized carbons (Fsp3) is 0.385. The van der Waals surface area contributed by atoms with Crippen molar-refractivity contribution in [1.29, 1.82) is 0 Å². The minimum absolute atomic E-state index is 0.569. The molecular formula is C13H18N4O. The summed E-state index contributed by atoms with van der Waals surface area (Å²) in [6, 6.07) is 3.17. The van der Waals surface area contributed by atoms with Crippen LogP contribution in [0.3, 0.4) is 0 Å². The molecule has 5 heteroatoms. The number of nitrogens with two attached hydrogens (primary N) is 1. The van der Waals surface area contributed by atoms with Gasteiger partial charge in [-0.3, -0.25) is 9.88 Å². The quantitative estimate of drug-likeness (QED) is 0.852. The Morgan fingerprint density at radius 2 is 2.39 bits per heavy atom. The SMILES string of the molecule is CCN1CC=C(c2ccc(NC(N)=O)cn2)CC1. The van der Waals surface area contributed by atoms with Crippen molar-refractivity contribution in [3.63, 3.8) is 0 Å². The number of primary amides is 1. The summed E-state index contributed by atoms with van der Waals surface area (Å²) in [6.45, 7) is 5.31. The molecule has 0 radical (unpaired) electrons. The van der Waals surface area contributed by atoms with E-state index in [1.165, 1.54) is 5.57 Å². The second-order valence-electron chi connectivity index (χ2n) is 4.29. The fourth-order valence-electron chi connectivity index (χ4n) is 2.03. The smallest absolute Gasteiger partial charge is 0.316 e. The van der Waals surface area contributed by atoms with Gasteiger partial charge in [-0.15, -0.1) is 0 Å². The van der Waals surface area contributed by atoms with Crippen LogP contribution in [0.2, 0.25) is 0 Å². The van der Waals surface area contributed by atoms with Crippen molar-refractivity contribution in [3.8, 4) is 0 Å². The lowest BCUT2D eigenvalue weighted by molar-refractivity contribution is 0.259. The van der Waals surface area contributed by atoms with E-state index < -0.39 is 6.03 Å². The predicted octanol–water partition coefficient (Wildman–Crippen LogP) is 1.68. The molecule has 1 aromatic rings. The monoisotopic (exact) mass is 246 g/mol. The Labute approximate surface area is 107 Å². The summed E-state index contributed by atoms with van der Waals surface area (Å²) in [4.78, 5) is 17.4. The Bertz CT molecular complexity index is 453. The molecule has 0 atom stereocenters. The lowest BCUT2D eigenvalue weighted by Gasteiger charge is -2.24. The van der Waals surface area contributed by atoms with Crippen molar-refractivity contribution in [2.45, 2.75) is 13.3 Å². The molecule has 0 saturated heterocycles. The number of pyridine rings is 1. The molecule has 0 spiro atoms. The molecule has 3 N–H and O–H groups in total. The molecule has 2 rings (SSSR count). The number of amides is 2. The summed E-state index contributed by atoms with van der Waals surface area (Å²) in [5.74, 6) is 0. The van der Waals surface area contributed by atoms with Gasteiger partial charge >= 0.3 is 6.03 Å². The number of hydrogen-bond acceptors (Lipinski definition) is 3. The molecule has 96 valence electrons. The number of carbonyl (C=O) groups is 1. The number of anilines is 1. The van der Waals surface area contributed by atoms with Gasteiger partial charge in [0, 0.05) is 13.1 Å². The van der Waals surface area contributed by atoms with Crippen LogP contribution in [0.15, 0.2) is 24.4 Å². The van der Waals surface area contributed by atoms with Gasteiger partial charge in [-0.2, -0.15) is 0 Å². The maximum absolute atomic E-state index is 10.7. The summed E-state index contributed by atoms with van der Waals surface area (Å²) >= 11 is 0. The summed E-state index contributed by atoms with van der Waals surface area (Å²) in [5, 5.41) is 2.50. The van der Waals surface area contributed by atoms with Crippen molar-refractivity contribution in [1.82, 2.24) is 9.88 Å². The molecule has 1 aliphatic rings. The van der Waals surface area contributed by atoms with Crippen LogP contribution in [0.25, 0.3) is 5.57 Å². The van der Waals surface area contributed by atoms with Crippen LogP contribution in [-0.4, -0.2) is 35.5 Å². The van der Waals surface area contributed by atoms with Gasteiger partial charge in [0.25, 0.3) is 0 Å². The number of rotatable bonds is 3. The molecular weight excluding hydrogens is 228 g/mol. The third-order valence-electron chi connectivity index (χ3n) is 3.10. The molecule has 0 aromatic carbocycles. The molecule has 0 fully saturated rings. The van der Waals surface area contributed by atoms with Gasteiger partial charge < -0.3 is 11.1 Å². The minimum atomic E-state index is -0.569. The van der Waals surface area contributed by atoms with Crippen molar-refractivity contribution in [3.05, 3.63) is 30.1 Å². The number of hydrogen-bond donors (Lipinski definition) is 2. The minimum Gasteiger partial charge on any atom is -0.351 e. The summed E-state index contributed by atoms with van der Waals surface area (Å²) in [6.07, 6.45) is 4.87. The lowest BCUT2D eigenvalue weighted by atomic mass is 10.0. The zero-order valence-electron chi connectivity index (χ0n) is 10.5. The van der Waals surface area contributed by atoms with Gasteiger partial charge in [-0.1, -0.05) is 13.0 Å². The first-order chi connectivity index (χ1) is 8.69. The highest BCUT2D eigenvalue weighted by Gasteiger charge is 2.12. The van der Waals surface area contributed by atoms with E-state index in [-0.39, 0.29) is 0 Å². The van der Waals surface area contributed by atoms with Crippen LogP contribution >= 0.6 is 0 Å². The largest absolute Gasteiger partial charge is 0.351 e. The van der Waals surface area contributed by atoms with E-state index in [2.05, 4.69) is 28.2 Å². The first kappa shape index (κ1) is 12.6. The maximum atomic E-state index is 10.7. The van der Waals surface area contributed by atoms with Crippen LogP contribution in [0.4, 0.5) is 10.5 Å². The Kier molecular flexibility index (Phi) is 3.94. The average molecular weight is 246 g/mol. The molecule has 18 heavy (non-hydrogen) atoms. The molecule has 2 amide bonds. The summed E-state index contributed by atoms with van der Waals surface area (Å²) in [7, 11) is 0. The number of carbonyl (C=O) groups excluding carboxylic acids is 1. The molecule has 0 bridgehead atoms. The van der Waals surface area contributed by atoms with Crippen LogP contribution in [0.1, 0.15) is 19.0 Å². The predicted molar refractivity (Wildman–Crippen MR) is 72.2 cm³/mol. The Balaban J connectivity index is 2.06.